The summed E-state index contributed by atoms with van der Waals surface area (Å²) in [7, 11) is 3.18. The summed E-state index contributed by atoms with van der Waals surface area (Å²) in [6.07, 6.45) is 0.676. The Kier molecular flexibility index (Phi) is 7.41. The highest BCUT2D eigenvalue weighted by Gasteiger charge is 2.11. The molecular formula is C20H25FN2O3. The van der Waals surface area contributed by atoms with Gasteiger partial charge in [0.05, 0.1) is 20.8 Å². The van der Waals surface area contributed by atoms with Crippen molar-refractivity contribution < 1.29 is 18.7 Å². The average molecular weight is 360 g/mol. The number of methoxy groups -OCH3 is 2. The second-order valence-corrected chi connectivity index (χ2v) is 5.91. The van der Waals surface area contributed by atoms with Crippen molar-refractivity contribution in [3.63, 3.8) is 0 Å². The van der Waals surface area contributed by atoms with E-state index < -0.39 is 0 Å². The Labute approximate surface area is 153 Å². The normalized spacial score (nSPS) is 11.7. The Balaban J connectivity index is 1.76. The summed E-state index contributed by atoms with van der Waals surface area (Å²) >= 11 is 0. The van der Waals surface area contributed by atoms with Crippen LogP contribution in [0, 0.1) is 5.82 Å². The number of ether oxygens (including phenoxy) is 2. The maximum absolute atomic E-state index is 13.7. The Hall–Kier alpha value is -2.60. The molecule has 2 rings (SSSR count). The van der Waals surface area contributed by atoms with Crippen molar-refractivity contribution in [2.24, 2.45) is 0 Å². The quantitative estimate of drug-likeness (QED) is 0.722. The van der Waals surface area contributed by atoms with Crippen LogP contribution in [0.1, 0.15) is 24.1 Å². The van der Waals surface area contributed by atoms with Gasteiger partial charge >= 0.3 is 0 Å². The van der Waals surface area contributed by atoms with Crippen LogP contribution in [0.2, 0.25) is 0 Å². The molecule has 0 aliphatic carbocycles. The van der Waals surface area contributed by atoms with Crippen LogP contribution in [-0.2, 0) is 11.2 Å². The van der Waals surface area contributed by atoms with Gasteiger partial charge in [0, 0.05) is 18.2 Å². The van der Waals surface area contributed by atoms with Crippen molar-refractivity contribution in [2.75, 3.05) is 27.3 Å². The van der Waals surface area contributed by atoms with Crippen LogP contribution in [0.5, 0.6) is 11.5 Å². The predicted molar refractivity (Wildman–Crippen MR) is 99.1 cm³/mol. The number of nitrogens with one attached hydrogen (secondary N) is 2. The van der Waals surface area contributed by atoms with Crippen molar-refractivity contribution in [3.8, 4) is 11.5 Å². The summed E-state index contributed by atoms with van der Waals surface area (Å²) in [6, 6.07) is 12.0. The standard InChI is InChI=1S/C20H25FN2O3/c1-14(16-6-4-5-7-17(16)21)23-13-20(24)22-11-10-15-8-9-18(25-2)19(12-15)26-3/h4-9,12,14,23H,10-11,13H2,1-3H3,(H,22,24). The van der Waals surface area contributed by atoms with Gasteiger partial charge < -0.3 is 20.1 Å². The van der Waals surface area contributed by atoms with Crippen LogP contribution in [-0.4, -0.2) is 33.2 Å². The minimum atomic E-state index is -0.277. The number of halogens is 1. The molecule has 0 radical (unpaired) electrons. The SMILES string of the molecule is COc1ccc(CCNC(=O)CNC(C)c2ccccc2F)cc1OC. The number of carbonyl (C=O) groups excluding carboxylic acids is 1. The maximum Gasteiger partial charge on any atom is 0.233 e. The first-order valence-corrected chi connectivity index (χ1v) is 8.50. The molecule has 0 saturated carbocycles. The van der Waals surface area contributed by atoms with E-state index in [1.807, 2.05) is 25.1 Å². The lowest BCUT2D eigenvalue weighted by atomic mass is 10.1. The third-order valence-electron chi connectivity index (χ3n) is 4.12. The van der Waals surface area contributed by atoms with Crippen molar-refractivity contribution in [1.82, 2.24) is 10.6 Å². The molecule has 1 atom stereocenters. The summed E-state index contributed by atoms with van der Waals surface area (Å²) in [5, 5.41) is 5.88. The smallest absolute Gasteiger partial charge is 0.233 e. The van der Waals surface area contributed by atoms with Crippen LogP contribution in [0.3, 0.4) is 0 Å². The molecule has 0 bridgehead atoms. The second-order valence-electron chi connectivity index (χ2n) is 5.91. The number of hydrogen-bond acceptors (Lipinski definition) is 4. The van der Waals surface area contributed by atoms with E-state index in [1.165, 1.54) is 6.07 Å². The largest absolute Gasteiger partial charge is 0.493 e. The summed E-state index contributed by atoms with van der Waals surface area (Å²) in [6.45, 7) is 2.46. The van der Waals surface area contributed by atoms with Crippen molar-refractivity contribution in [3.05, 3.63) is 59.4 Å². The molecule has 5 nitrogen and oxygen atoms in total. The van der Waals surface area contributed by atoms with E-state index >= 15 is 0 Å². The molecule has 2 aromatic rings. The highest BCUT2D eigenvalue weighted by Crippen LogP contribution is 2.27. The van der Waals surface area contributed by atoms with Gasteiger partial charge in [-0.15, -0.1) is 0 Å². The lowest BCUT2D eigenvalue weighted by molar-refractivity contribution is -0.120. The molecule has 2 aromatic carbocycles. The van der Waals surface area contributed by atoms with Gasteiger partial charge in [-0.3, -0.25) is 4.79 Å². The molecule has 0 spiro atoms. The Morgan fingerprint density at radius 1 is 1.12 bits per heavy atom. The van der Waals surface area contributed by atoms with Crippen LogP contribution < -0.4 is 20.1 Å². The maximum atomic E-state index is 13.7. The average Bonchev–Trinajstić information content (AvgIpc) is 2.66. The Morgan fingerprint density at radius 2 is 1.85 bits per heavy atom. The summed E-state index contributed by atoms with van der Waals surface area (Å²) in [5.41, 5.74) is 1.58. The molecule has 0 aliphatic heterocycles. The summed E-state index contributed by atoms with van der Waals surface area (Å²) < 4.78 is 24.2. The molecule has 1 unspecified atom stereocenters. The first-order valence-electron chi connectivity index (χ1n) is 8.50. The van der Waals surface area contributed by atoms with Gasteiger partial charge in [0.1, 0.15) is 5.82 Å². The van der Waals surface area contributed by atoms with E-state index in [1.54, 1.807) is 32.4 Å². The van der Waals surface area contributed by atoms with E-state index in [2.05, 4.69) is 10.6 Å². The molecule has 0 aromatic heterocycles. The van der Waals surface area contributed by atoms with Gasteiger partial charge in [-0.25, -0.2) is 4.39 Å². The van der Waals surface area contributed by atoms with E-state index in [-0.39, 0.29) is 24.3 Å². The molecule has 26 heavy (non-hydrogen) atoms. The summed E-state index contributed by atoms with van der Waals surface area (Å²) in [5.74, 6) is 0.929. The molecule has 0 heterocycles. The monoisotopic (exact) mass is 360 g/mol. The topological polar surface area (TPSA) is 59.6 Å². The van der Waals surface area contributed by atoms with E-state index in [9.17, 15) is 9.18 Å². The van der Waals surface area contributed by atoms with Crippen molar-refractivity contribution in [2.45, 2.75) is 19.4 Å². The minimum Gasteiger partial charge on any atom is -0.493 e. The van der Waals surface area contributed by atoms with Gasteiger partial charge in [0.25, 0.3) is 0 Å². The van der Waals surface area contributed by atoms with Crippen LogP contribution >= 0.6 is 0 Å². The van der Waals surface area contributed by atoms with Crippen LogP contribution in [0.4, 0.5) is 4.39 Å². The zero-order valence-electron chi connectivity index (χ0n) is 15.3. The molecule has 0 aliphatic rings. The van der Waals surface area contributed by atoms with Crippen molar-refractivity contribution >= 4 is 5.91 Å². The third kappa shape index (κ3) is 5.46. The van der Waals surface area contributed by atoms with Crippen LogP contribution in [0.25, 0.3) is 0 Å². The molecular weight excluding hydrogens is 335 g/mol. The van der Waals surface area contributed by atoms with E-state index in [0.29, 0.717) is 30.0 Å². The first kappa shape index (κ1) is 19.7. The molecule has 140 valence electrons. The third-order valence-corrected chi connectivity index (χ3v) is 4.12. The van der Waals surface area contributed by atoms with Gasteiger partial charge in [0.15, 0.2) is 11.5 Å². The second kappa shape index (κ2) is 9.77. The number of rotatable bonds is 9. The highest BCUT2D eigenvalue weighted by molar-refractivity contribution is 5.78. The predicted octanol–water partition coefficient (Wildman–Crippen LogP) is 2.85. The van der Waals surface area contributed by atoms with Crippen LogP contribution in [0.15, 0.2) is 42.5 Å². The zero-order chi connectivity index (χ0) is 18.9. The lowest BCUT2D eigenvalue weighted by Crippen LogP contribution is -2.36. The number of hydrogen-bond donors (Lipinski definition) is 2. The lowest BCUT2D eigenvalue weighted by Gasteiger charge is -2.15. The fraction of sp³-hybridized carbons (Fsp3) is 0.350. The number of benzene rings is 2. The number of amides is 1. The Morgan fingerprint density at radius 3 is 2.54 bits per heavy atom. The first-order chi connectivity index (χ1) is 12.5. The van der Waals surface area contributed by atoms with Gasteiger partial charge in [-0.05, 0) is 37.1 Å². The molecule has 6 heteroatoms. The van der Waals surface area contributed by atoms with Gasteiger partial charge in [0.2, 0.25) is 5.91 Å². The molecule has 2 N–H and O–H groups in total. The fourth-order valence-electron chi connectivity index (χ4n) is 2.63. The fourth-order valence-corrected chi connectivity index (χ4v) is 2.63. The highest BCUT2D eigenvalue weighted by atomic mass is 19.1. The Bertz CT molecular complexity index is 737. The van der Waals surface area contributed by atoms with Gasteiger partial charge in [-0.1, -0.05) is 24.3 Å². The zero-order valence-corrected chi connectivity index (χ0v) is 15.3. The molecule has 1 amide bonds. The van der Waals surface area contributed by atoms with Gasteiger partial charge in [-0.2, -0.15) is 0 Å². The van der Waals surface area contributed by atoms with Crippen molar-refractivity contribution in [1.29, 1.82) is 0 Å². The molecule has 0 saturated heterocycles. The van der Waals surface area contributed by atoms with E-state index in [4.69, 9.17) is 9.47 Å². The molecule has 0 fully saturated rings. The minimum absolute atomic E-state index is 0.126. The van der Waals surface area contributed by atoms with E-state index in [0.717, 1.165) is 5.56 Å². The summed E-state index contributed by atoms with van der Waals surface area (Å²) in [4.78, 5) is 12.0. The number of carbonyl (C=O) groups is 1.